The van der Waals surface area contributed by atoms with E-state index in [2.05, 4.69) is 54.7 Å². The van der Waals surface area contributed by atoms with Crippen LogP contribution in [0.2, 0.25) is 0 Å². The number of carbonyl (C=O) groups is 2. The zero-order valence-corrected chi connectivity index (χ0v) is 33.4. The van der Waals surface area contributed by atoms with Crippen LogP contribution >= 0.6 is 0 Å². The highest BCUT2D eigenvalue weighted by atomic mass is 16.3. The van der Waals surface area contributed by atoms with Gasteiger partial charge in [-0.3, -0.25) is 24.0 Å². The molecule has 2 aromatic carbocycles. The van der Waals surface area contributed by atoms with Crippen molar-refractivity contribution in [1.82, 2.24) is 39.5 Å². The molecule has 15 nitrogen and oxygen atoms in total. The van der Waals surface area contributed by atoms with E-state index in [1.165, 1.54) is 11.1 Å². The Labute approximate surface area is 342 Å². The van der Waals surface area contributed by atoms with Crippen LogP contribution in [0.5, 0.6) is 5.75 Å². The van der Waals surface area contributed by atoms with E-state index >= 15 is 0 Å². The number of hydrogen-bond acceptors (Lipinski definition) is 12. The molecule has 15 heteroatoms. The second kappa shape index (κ2) is 15.1. The average molecular weight is 798 g/mol. The van der Waals surface area contributed by atoms with Crippen molar-refractivity contribution in [3.63, 3.8) is 0 Å². The Morgan fingerprint density at radius 1 is 0.763 bits per heavy atom. The summed E-state index contributed by atoms with van der Waals surface area (Å²) in [6.07, 6.45) is 13.5. The van der Waals surface area contributed by atoms with Gasteiger partial charge < -0.3 is 25.5 Å². The number of aromatic nitrogens is 6. The SMILES string of the molecule is Cn1c(=O)n(C2CCC(=O)NC2=O)c2ccc(C3CCC(N4CCC(c5cnc(N6C7CCC6CN(c6cc(-c8ccccc8O)nnc6N)C7)nc5)CC4)CC3)cc21. The number of likely N-dealkylation sites (tertiary alicyclic amines) is 1. The standard InChI is InChI=1S/C44H51N11O4/c1-51-37-20-28(8-13-35(37)55(44(51)59)36-14-15-40(57)48-42(36)58)26-6-9-30(10-7-26)52-18-16-27(17-19-52)29-22-46-43(47-23-29)54-31-11-12-32(54)25-53(24-31)38-21-34(49-50-41(38)45)33-4-2-3-5-39(33)56/h2-5,8,13,20-23,26-27,30-32,36,56H,6-7,9-12,14-19,24-25H2,1H3,(H2,45,50)(H,48,57,58). The predicted molar refractivity (Wildman–Crippen MR) is 224 cm³/mol. The van der Waals surface area contributed by atoms with E-state index in [4.69, 9.17) is 15.7 Å². The molecule has 0 radical (unpaired) electrons. The number of piperazine rings is 1. The first-order valence-electron chi connectivity index (χ1n) is 21.3. The van der Waals surface area contributed by atoms with Crippen molar-refractivity contribution >= 4 is 40.3 Å². The maximum Gasteiger partial charge on any atom is 0.329 e. The lowest BCUT2D eigenvalue weighted by Crippen LogP contribution is -2.54. The number of rotatable bonds is 7. The van der Waals surface area contributed by atoms with Crippen LogP contribution in [0.15, 0.2) is 65.7 Å². The molecule has 306 valence electrons. The van der Waals surface area contributed by atoms with Gasteiger partial charge in [0.2, 0.25) is 17.8 Å². The number of anilines is 3. The summed E-state index contributed by atoms with van der Waals surface area (Å²) in [5.41, 5.74) is 12.3. The van der Waals surface area contributed by atoms with E-state index in [1.807, 2.05) is 24.3 Å². The summed E-state index contributed by atoms with van der Waals surface area (Å²) in [6, 6.07) is 15.8. The van der Waals surface area contributed by atoms with Gasteiger partial charge in [0.05, 0.1) is 22.4 Å². The Hall–Kier alpha value is -5.83. The fraction of sp³-hybridized carbons (Fsp3) is 0.477. The largest absolute Gasteiger partial charge is 0.507 e. The molecule has 0 spiro atoms. The summed E-state index contributed by atoms with van der Waals surface area (Å²) in [4.78, 5) is 55.0. The van der Waals surface area contributed by atoms with Crippen molar-refractivity contribution in [2.45, 2.75) is 100 Å². The number of aryl methyl sites for hydroxylation is 1. The summed E-state index contributed by atoms with van der Waals surface area (Å²) in [5.74, 6) is 1.56. The number of fused-ring (bicyclic) bond motifs is 3. The number of imide groups is 1. The molecule has 2 bridgehead atoms. The summed E-state index contributed by atoms with van der Waals surface area (Å²) in [6.45, 7) is 3.73. The summed E-state index contributed by atoms with van der Waals surface area (Å²) < 4.78 is 3.19. The maximum atomic E-state index is 13.3. The van der Waals surface area contributed by atoms with Crippen LogP contribution < -0.4 is 26.5 Å². The number of nitrogens with one attached hydrogen (secondary N) is 1. The molecule has 5 fully saturated rings. The molecule has 3 unspecified atom stereocenters. The van der Waals surface area contributed by atoms with Crippen molar-refractivity contribution < 1.29 is 14.7 Å². The van der Waals surface area contributed by atoms with E-state index in [-0.39, 0.29) is 35.9 Å². The van der Waals surface area contributed by atoms with E-state index in [0.29, 0.717) is 41.4 Å². The monoisotopic (exact) mass is 797 g/mol. The molecular formula is C44H51N11O4. The van der Waals surface area contributed by atoms with Crippen LogP contribution in [0, 0.1) is 0 Å². The van der Waals surface area contributed by atoms with Gasteiger partial charge in [-0.1, -0.05) is 18.2 Å². The van der Waals surface area contributed by atoms with Crippen LogP contribution in [-0.2, 0) is 16.6 Å². The van der Waals surface area contributed by atoms with E-state index < -0.39 is 11.9 Å². The van der Waals surface area contributed by atoms with Gasteiger partial charge in [-0.05, 0) is 124 Å². The predicted octanol–water partition coefficient (Wildman–Crippen LogP) is 4.62. The number of carbonyl (C=O) groups excluding carboxylic acids is 2. The van der Waals surface area contributed by atoms with Crippen molar-refractivity contribution in [3.05, 3.63) is 82.5 Å². The Balaban J connectivity index is 0.735. The van der Waals surface area contributed by atoms with Gasteiger partial charge in [-0.15, -0.1) is 10.2 Å². The number of nitrogen functional groups attached to an aromatic ring is 1. The minimum absolute atomic E-state index is 0.165. The number of nitrogens with two attached hydrogens (primary N) is 1. The first kappa shape index (κ1) is 37.4. The molecule has 59 heavy (non-hydrogen) atoms. The highest BCUT2D eigenvalue weighted by molar-refractivity contribution is 6.00. The zero-order valence-electron chi connectivity index (χ0n) is 33.4. The fourth-order valence-electron chi connectivity index (χ4n) is 10.8. The van der Waals surface area contributed by atoms with Crippen LogP contribution in [-0.4, -0.2) is 95.4 Å². The van der Waals surface area contributed by atoms with E-state index in [9.17, 15) is 19.5 Å². The lowest BCUT2D eigenvalue weighted by Gasteiger charge is -2.42. The maximum absolute atomic E-state index is 13.3. The average Bonchev–Trinajstić information content (AvgIpc) is 3.67. The minimum Gasteiger partial charge on any atom is -0.507 e. The van der Waals surface area contributed by atoms with Gasteiger partial charge in [0.15, 0.2) is 5.82 Å². The summed E-state index contributed by atoms with van der Waals surface area (Å²) in [7, 11) is 1.76. The molecule has 2 amide bonds. The number of nitrogens with zero attached hydrogens (tertiary/aromatic N) is 9. The van der Waals surface area contributed by atoms with E-state index in [0.717, 1.165) is 100 Å². The summed E-state index contributed by atoms with van der Waals surface area (Å²) >= 11 is 0. The topological polar surface area (TPSA) is 181 Å². The molecule has 4 aliphatic heterocycles. The number of amides is 2. The molecule has 1 saturated carbocycles. The molecular weight excluding hydrogens is 747 g/mol. The quantitative estimate of drug-likeness (QED) is 0.195. The van der Waals surface area contributed by atoms with Gasteiger partial charge in [0.25, 0.3) is 0 Å². The van der Waals surface area contributed by atoms with Crippen molar-refractivity contribution in [1.29, 1.82) is 0 Å². The van der Waals surface area contributed by atoms with Gasteiger partial charge >= 0.3 is 5.69 Å². The summed E-state index contributed by atoms with van der Waals surface area (Å²) in [5, 5.41) is 21.3. The molecule has 4 saturated heterocycles. The minimum atomic E-state index is -0.671. The van der Waals surface area contributed by atoms with E-state index in [1.54, 1.807) is 28.3 Å². The molecule has 10 rings (SSSR count). The Morgan fingerprint density at radius 3 is 2.17 bits per heavy atom. The smallest absolute Gasteiger partial charge is 0.329 e. The van der Waals surface area contributed by atoms with Crippen LogP contribution in [0.1, 0.15) is 93.2 Å². The lowest BCUT2D eigenvalue weighted by atomic mass is 9.80. The molecule has 5 aliphatic rings. The molecule has 3 aromatic heterocycles. The third-order valence-electron chi connectivity index (χ3n) is 14.0. The number of piperidine rings is 2. The number of hydrogen-bond donors (Lipinski definition) is 3. The van der Waals surface area contributed by atoms with Gasteiger partial charge in [0.1, 0.15) is 11.8 Å². The van der Waals surface area contributed by atoms with Crippen molar-refractivity contribution in [2.75, 3.05) is 41.7 Å². The molecule has 3 atom stereocenters. The van der Waals surface area contributed by atoms with Crippen LogP contribution in [0.4, 0.5) is 17.5 Å². The fourth-order valence-corrected chi connectivity index (χ4v) is 10.8. The molecule has 5 aromatic rings. The van der Waals surface area contributed by atoms with Crippen LogP contribution in [0.25, 0.3) is 22.3 Å². The number of imidazole rings is 1. The molecule has 4 N–H and O–H groups in total. The first-order chi connectivity index (χ1) is 28.7. The number of phenolic OH excluding ortho intramolecular Hbond substituents is 1. The Kier molecular flexibility index (Phi) is 9.57. The molecule has 7 heterocycles. The highest BCUT2D eigenvalue weighted by Crippen LogP contribution is 2.40. The lowest BCUT2D eigenvalue weighted by molar-refractivity contribution is -0.135. The number of para-hydroxylation sites is 1. The third kappa shape index (κ3) is 6.78. The van der Waals surface area contributed by atoms with Gasteiger partial charge in [-0.25, -0.2) is 14.8 Å². The van der Waals surface area contributed by atoms with Crippen molar-refractivity contribution in [2.24, 2.45) is 7.05 Å². The number of aromatic hydroxyl groups is 1. The second-order valence-corrected chi connectivity index (χ2v) is 17.3. The Morgan fingerprint density at radius 2 is 1.46 bits per heavy atom. The van der Waals surface area contributed by atoms with Crippen molar-refractivity contribution in [3.8, 4) is 17.0 Å². The second-order valence-electron chi connectivity index (χ2n) is 17.3. The number of benzene rings is 2. The van der Waals surface area contributed by atoms with Gasteiger partial charge in [-0.2, -0.15) is 0 Å². The van der Waals surface area contributed by atoms with Crippen LogP contribution in [0.3, 0.4) is 0 Å². The Bertz CT molecular complexity index is 2450. The first-order valence-corrected chi connectivity index (χ1v) is 21.3. The highest BCUT2D eigenvalue weighted by Gasteiger charge is 2.42. The third-order valence-corrected chi connectivity index (χ3v) is 14.0. The molecule has 1 aliphatic carbocycles. The van der Waals surface area contributed by atoms with Gasteiger partial charge in [0, 0.05) is 62.6 Å². The normalized spacial score (nSPS) is 25.5. The zero-order chi connectivity index (χ0) is 40.4. The number of phenols is 1.